The molecule has 26 heavy (non-hydrogen) atoms. The van der Waals surface area contributed by atoms with Crippen LogP contribution in [0.1, 0.15) is 15.9 Å². The second kappa shape index (κ2) is 7.18. The number of carboxylic acid groups (broad SMARTS) is 1. The van der Waals surface area contributed by atoms with Crippen LogP contribution in [0.3, 0.4) is 0 Å². The van der Waals surface area contributed by atoms with Gasteiger partial charge < -0.3 is 10.4 Å². The molecule has 6 nitrogen and oxygen atoms in total. The van der Waals surface area contributed by atoms with Gasteiger partial charge in [0.15, 0.2) is 11.6 Å². The predicted molar refractivity (Wildman–Crippen MR) is 85.9 cm³/mol. The summed E-state index contributed by atoms with van der Waals surface area (Å²) in [4.78, 5) is 23.2. The summed E-state index contributed by atoms with van der Waals surface area (Å²) in [6.07, 6.45) is 2.74. The minimum absolute atomic E-state index is 0.0481. The number of carbonyl (C=O) groups is 1. The highest BCUT2D eigenvalue weighted by Gasteiger charge is 2.11. The van der Waals surface area contributed by atoms with Crippen molar-refractivity contribution in [2.24, 2.45) is 0 Å². The number of carboxylic acids is 1. The SMILES string of the molecule is O=C(O)c1ccnc(-c2ccnc(NCc3cc(F)c(F)cc3F)n2)c1. The smallest absolute Gasteiger partial charge is 0.335 e. The van der Waals surface area contributed by atoms with E-state index in [1.54, 1.807) is 0 Å². The molecule has 0 saturated heterocycles. The second-order valence-electron chi connectivity index (χ2n) is 5.21. The molecule has 2 aromatic heterocycles. The first-order valence-corrected chi connectivity index (χ1v) is 7.34. The number of nitrogens with one attached hydrogen (secondary N) is 1. The van der Waals surface area contributed by atoms with Crippen LogP contribution in [0.5, 0.6) is 0 Å². The van der Waals surface area contributed by atoms with Crippen LogP contribution in [0.4, 0.5) is 19.1 Å². The Morgan fingerprint density at radius 2 is 1.69 bits per heavy atom. The van der Waals surface area contributed by atoms with Gasteiger partial charge in [0, 0.05) is 30.6 Å². The zero-order valence-corrected chi connectivity index (χ0v) is 13.1. The molecule has 3 rings (SSSR count). The zero-order chi connectivity index (χ0) is 18.7. The minimum atomic E-state index is -1.27. The van der Waals surface area contributed by atoms with Crippen LogP contribution in [0.2, 0.25) is 0 Å². The maximum atomic E-state index is 13.6. The number of halogens is 3. The molecule has 1 aromatic carbocycles. The molecule has 0 atom stereocenters. The molecule has 0 saturated carbocycles. The van der Waals surface area contributed by atoms with Crippen LogP contribution >= 0.6 is 0 Å². The first-order valence-electron chi connectivity index (χ1n) is 7.34. The van der Waals surface area contributed by atoms with Crippen LogP contribution in [0, 0.1) is 17.5 Å². The summed E-state index contributed by atoms with van der Waals surface area (Å²) in [7, 11) is 0. The number of pyridine rings is 1. The molecule has 0 fully saturated rings. The van der Waals surface area contributed by atoms with Crippen LogP contribution in [-0.4, -0.2) is 26.0 Å². The number of benzene rings is 1. The molecule has 0 amide bonds. The molecule has 2 N–H and O–H groups in total. The molecule has 0 aliphatic heterocycles. The average Bonchev–Trinajstić information content (AvgIpc) is 2.64. The molecule has 0 unspecified atom stereocenters. The Labute approximate surface area is 145 Å². The van der Waals surface area contributed by atoms with E-state index in [9.17, 15) is 18.0 Å². The van der Waals surface area contributed by atoms with E-state index in [1.165, 1.54) is 30.6 Å². The number of aromatic carboxylic acids is 1. The first kappa shape index (κ1) is 17.3. The van der Waals surface area contributed by atoms with Gasteiger partial charge in [0.2, 0.25) is 5.95 Å². The maximum absolute atomic E-state index is 13.6. The fraction of sp³-hybridized carbons (Fsp3) is 0.0588. The van der Waals surface area contributed by atoms with E-state index in [0.717, 1.165) is 6.07 Å². The molecule has 0 bridgehead atoms. The molecule has 3 aromatic rings. The van der Waals surface area contributed by atoms with E-state index in [4.69, 9.17) is 5.11 Å². The topological polar surface area (TPSA) is 88.0 Å². The molecule has 0 aliphatic carbocycles. The Bertz CT molecular complexity index is 982. The van der Waals surface area contributed by atoms with Crippen molar-refractivity contribution < 1.29 is 23.1 Å². The summed E-state index contributed by atoms with van der Waals surface area (Å²) in [5.74, 6) is -4.34. The standard InChI is InChI=1S/C17H11F3N4O2/c18-11-7-13(20)12(19)5-10(11)8-23-17-22-4-2-14(24-17)15-6-9(16(25)26)1-3-21-15/h1-7H,8H2,(H,25,26)(H,22,23,24). The monoisotopic (exact) mass is 360 g/mol. The van der Waals surface area contributed by atoms with E-state index in [0.29, 0.717) is 17.5 Å². The predicted octanol–water partition coefficient (Wildman–Crippen LogP) is 3.27. The van der Waals surface area contributed by atoms with Crippen LogP contribution in [-0.2, 0) is 6.54 Å². The molecular formula is C17H11F3N4O2. The van der Waals surface area contributed by atoms with E-state index in [1.807, 2.05) is 0 Å². The van der Waals surface area contributed by atoms with Crippen LogP contribution < -0.4 is 5.32 Å². The maximum Gasteiger partial charge on any atom is 0.335 e. The Morgan fingerprint density at radius 3 is 2.46 bits per heavy atom. The van der Waals surface area contributed by atoms with Gasteiger partial charge in [0.1, 0.15) is 5.82 Å². The lowest BCUT2D eigenvalue weighted by Crippen LogP contribution is -2.07. The van der Waals surface area contributed by atoms with Gasteiger partial charge in [-0.05, 0) is 24.3 Å². The van der Waals surface area contributed by atoms with Gasteiger partial charge in [-0.1, -0.05) is 0 Å². The van der Waals surface area contributed by atoms with E-state index >= 15 is 0 Å². The number of hydrogen-bond donors (Lipinski definition) is 2. The zero-order valence-electron chi connectivity index (χ0n) is 13.1. The van der Waals surface area contributed by atoms with Crippen molar-refractivity contribution in [1.82, 2.24) is 15.0 Å². The lowest BCUT2D eigenvalue weighted by atomic mass is 10.2. The van der Waals surface area contributed by atoms with Gasteiger partial charge in [0.25, 0.3) is 0 Å². The van der Waals surface area contributed by atoms with Gasteiger partial charge in [0.05, 0.1) is 17.0 Å². The van der Waals surface area contributed by atoms with E-state index < -0.39 is 23.4 Å². The fourth-order valence-electron chi connectivity index (χ4n) is 2.16. The number of hydrogen-bond acceptors (Lipinski definition) is 5. The third-order valence-corrected chi connectivity index (χ3v) is 3.45. The van der Waals surface area contributed by atoms with Crippen molar-refractivity contribution in [3.8, 4) is 11.4 Å². The number of aromatic nitrogens is 3. The van der Waals surface area contributed by atoms with Crippen molar-refractivity contribution in [3.05, 3.63) is 71.3 Å². The van der Waals surface area contributed by atoms with Gasteiger partial charge in [-0.2, -0.15) is 0 Å². The van der Waals surface area contributed by atoms with Gasteiger partial charge in [-0.15, -0.1) is 0 Å². The first-order chi connectivity index (χ1) is 12.4. The lowest BCUT2D eigenvalue weighted by Gasteiger charge is -2.08. The second-order valence-corrected chi connectivity index (χ2v) is 5.21. The van der Waals surface area contributed by atoms with Gasteiger partial charge in [-0.3, -0.25) is 4.98 Å². The quantitative estimate of drug-likeness (QED) is 0.679. The third kappa shape index (κ3) is 3.77. The largest absolute Gasteiger partial charge is 0.478 e. The summed E-state index contributed by atoms with van der Waals surface area (Å²) in [5, 5.41) is 11.7. The highest BCUT2D eigenvalue weighted by Crippen LogP contribution is 2.18. The highest BCUT2D eigenvalue weighted by molar-refractivity contribution is 5.88. The Kier molecular flexibility index (Phi) is 4.78. The molecule has 0 spiro atoms. The Balaban J connectivity index is 1.81. The number of nitrogens with zero attached hydrogens (tertiary/aromatic N) is 3. The summed E-state index contributed by atoms with van der Waals surface area (Å²) < 4.78 is 39.8. The Morgan fingerprint density at radius 1 is 0.962 bits per heavy atom. The van der Waals surface area contributed by atoms with Crippen molar-refractivity contribution in [3.63, 3.8) is 0 Å². The summed E-state index contributed by atoms with van der Waals surface area (Å²) >= 11 is 0. The molecule has 2 heterocycles. The summed E-state index contributed by atoms with van der Waals surface area (Å²) in [6, 6.07) is 5.43. The van der Waals surface area contributed by atoms with E-state index in [-0.39, 0.29) is 23.6 Å². The van der Waals surface area contributed by atoms with Gasteiger partial charge >= 0.3 is 5.97 Å². The van der Waals surface area contributed by atoms with Crippen molar-refractivity contribution in [2.45, 2.75) is 6.54 Å². The molecule has 0 aliphatic rings. The molecule has 132 valence electrons. The van der Waals surface area contributed by atoms with Crippen molar-refractivity contribution in [2.75, 3.05) is 5.32 Å². The minimum Gasteiger partial charge on any atom is -0.478 e. The highest BCUT2D eigenvalue weighted by atomic mass is 19.2. The van der Waals surface area contributed by atoms with Gasteiger partial charge in [-0.25, -0.2) is 27.9 Å². The average molecular weight is 360 g/mol. The summed E-state index contributed by atoms with van der Waals surface area (Å²) in [6.45, 7) is -0.172. The van der Waals surface area contributed by atoms with Crippen molar-refractivity contribution >= 4 is 11.9 Å². The fourth-order valence-corrected chi connectivity index (χ4v) is 2.16. The number of anilines is 1. The van der Waals surface area contributed by atoms with Crippen LogP contribution in [0.15, 0.2) is 42.7 Å². The molecular weight excluding hydrogens is 349 g/mol. The Hall–Kier alpha value is -3.49. The molecule has 9 heteroatoms. The van der Waals surface area contributed by atoms with Crippen LogP contribution in [0.25, 0.3) is 11.4 Å². The van der Waals surface area contributed by atoms with Crippen molar-refractivity contribution in [1.29, 1.82) is 0 Å². The normalized spacial score (nSPS) is 10.6. The number of rotatable bonds is 5. The van der Waals surface area contributed by atoms with E-state index in [2.05, 4.69) is 20.3 Å². The third-order valence-electron chi connectivity index (χ3n) is 3.45. The lowest BCUT2D eigenvalue weighted by molar-refractivity contribution is 0.0697. The molecule has 0 radical (unpaired) electrons. The summed E-state index contributed by atoms with van der Waals surface area (Å²) in [5.41, 5.74) is 0.613.